The number of aromatic nitrogens is 1. The standard InChI is InChI=1S/C18H19F3N2O3/c1-4-23(5-2)17(24)15-10-14(25-3)11-16(22-15)26-13-8-6-7-12(9-13)18(19,20)21/h6-11H,4-5H2,1-3H3. The highest BCUT2D eigenvalue weighted by atomic mass is 19.4. The summed E-state index contributed by atoms with van der Waals surface area (Å²) in [7, 11) is 1.41. The van der Waals surface area contributed by atoms with Crippen LogP contribution in [0.3, 0.4) is 0 Å². The molecule has 0 N–H and O–H groups in total. The van der Waals surface area contributed by atoms with Crippen molar-refractivity contribution in [3.8, 4) is 17.4 Å². The summed E-state index contributed by atoms with van der Waals surface area (Å²) >= 11 is 0. The molecule has 0 bridgehead atoms. The molecule has 1 heterocycles. The second kappa shape index (κ2) is 8.07. The Morgan fingerprint density at radius 2 is 1.81 bits per heavy atom. The molecule has 5 nitrogen and oxygen atoms in total. The fraction of sp³-hybridized carbons (Fsp3) is 0.333. The van der Waals surface area contributed by atoms with Crippen LogP contribution in [-0.4, -0.2) is 36.0 Å². The highest BCUT2D eigenvalue weighted by Crippen LogP contribution is 2.33. The summed E-state index contributed by atoms with van der Waals surface area (Å²) in [5.41, 5.74) is -0.743. The summed E-state index contributed by atoms with van der Waals surface area (Å²) in [6, 6.07) is 7.29. The van der Waals surface area contributed by atoms with Crippen molar-refractivity contribution in [2.75, 3.05) is 20.2 Å². The Labute approximate surface area is 149 Å². The predicted octanol–water partition coefficient (Wildman–Crippen LogP) is 4.38. The lowest BCUT2D eigenvalue weighted by Gasteiger charge is -2.18. The molecule has 0 spiro atoms. The third kappa shape index (κ3) is 4.65. The number of halogens is 3. The van der Waals surface area contributed by atoms with E-state index in [2.05, 4.69) is 4.98 Å². The van der Waals surface area contributed by atoms with Crippen molar-refractivity contribution in [1.82, 2.24) is 9.88 Å². The molecule has 140 valence electrons. The van der Waals surface area contributed by atoms with Gasteiger partial charge in [-0.1, -0.05) is 6.07 Å². The van der Waals surface area contributed by atoms with Crippen LogP contribution in [0, 0.1) is 0 Å². The van der Waals surface area contributed by atoms with Gasteiger partial charge < -0.3 is 14.4 Å². The van der Waals surface area contributed by atoms with Crippen LogP contribution in [0.4, 0.5) is 13.2 Å². The Morgan fingerprint density at radius 1 is 1.12 bits per heavy atom. The van der Waals surface area contributed by atoms with Crippen molar-refractivity contribution in [2.24, 2.45) is 0 Å². The Hall–Kier alpha value is -2.77. The molecular formula is C18H19F3N2O3. The molecule has 0 saturated carbocycles. The average Bonchev–Trinajstić information content (AvgIpc) is 2.61. The zero-order valence-electron chi connectivity index (χ0n) is 14.6. The molecule has 26 heavy (non-hydrogen) atoms. The lowest BCUT2D eigenvalue weighted by Crippen LogP contribution is -2.31. The maximum atomic E-state index is 12.8. The van der Waals surface area contributed by atoms with E-state index in [1.54, 1.807) is 4.90 Å². The number of rotatable bonds is 6. The fourth-order valence-electron chi connectivity index (χ4n) is 2.29. The lowest BCUT2D eigenvalue weighted by atomic mass is 10.2. The molecule has 0 fully saturated rings. The first-order valence-corrected chi connectivity index (χ1v) is 7.99. The van der Waals surface area contributed by atoms with Crippen LogP contribution in [0.1, 0.15) is 29.9 Å². The third-order valence-corrected chi connectivity index (χ3v) is 3.66. The number of methoxy groups -OCH3 is 1. The highest BCUT2D eigenvalue weighted by Gasteiger charge is 2.30. The van der Waals surface area contributed by atoms with Crippen molar-refractivity contribution < 1.29 is 27.4 Å². The number of ether oxygens (including phenoxy) is 2. The van der Waals surface area contributed by atoms with E-state index in [0.717, 1.165) is 12.1 Å². The number of pyridine rings is 1. The van der Waals surface area contributed by atoms with Crippen LogP contribution in [0.2, 0.25) is 0 Å². The molecular weight excluding hydrogens is 349 g/mol. The summed E-state index contributed by atoms with van der Waals surface area (Å²) < 4.78 is 49.0. The van der Waals surface area contributed by atoms with Crippen LogP contribution in [0.25, 0.3) is 0 Å². The van der Waals surface area contributed by atoms with Gasteiger partial charge in [-0.25, -0.2) is 4.98 Å². The van der Waals surface area contributed by atoms with E-state index < -0.39 is 11.7 Å². The molecule has 1 amide bonds. The first kappa shape index (κ1) is 19.6. The number of alkyl halides is 3. The van der Waals surface area contributed by atoms with Gasteiger partial charge in [-0.15, -0.1) is 0 Å². The monoisotopic (exact) mass is 368 g/mol. The van der Waals surface area contributed by atoms with Crippen LogP contribution in [-0.2, 0) is 6.18 Å². The molecule has 0 aliphatic carbocycles. The van der Waals surface area contributed by atoms with Crippen LogP contribution in [0.5, 0.6) is 17.4 Å². The largest absolute Gasteiger partial charge is 0.496 e. The van der Waals surface area contributed by atoms with Gasteiger partial charge in [0.05, 0.1) is 12.7 Å². The van der Waals surface area contributed by atoms with E-state index in [0.29, 0.717) is 18.8 Å². The SMILES string of the molecule is CCN(CC)C(=O)c1cc(OC)cc(Oc2cccc(C(F)(F)F)c2)n1. The maximum absolute atomic E-state index is 12.8. The second-order valence-corrected chi connectivity index (χ2v) is 5.34. The van der Waals surface area contributed by atoms with Gasteiger partial charge in [0.15, 0.2) is 0 Å². The van der Waals surface area contributed by atoms with Gasteiger partial charge in [-0.05, 0) is 32.0 Å². The van der Waals surface area contributed by atoms with Crippen LogP contribution in [0.15, 0.2) is 36.4 Å². The molecule has 0 radical (unpaired) electrons. The summed E-state index contributed by atoms with van der Waals surface area (Å²) in [6.45, 7) is 4.67. The summed E-state index contributed by atoms with van der Waals surface area (Å²) in [6.07, 6.45) is -4.48. The second-order valence-electron chi connectivity index (χ2n) is 5.34. The number of carbonyl (C=O) groups excluding carboxylic acids is 1. The fourth-order valence-corrected chi connectivity index (χ4v) is 2.29. The zero-order valence-corrected chi connectivity index (χ0v) is 14.6. The molecule has 2 rings (SSSR count). The topological polar surface area (TPSA) is 51.7 Å². The number of amides is 1. The van der Waals surface area contributed by atoms with Gasteiger partial charge in [-0.2, -0.15) is 13.2 Å². The smallest absolute Gasteiger partial charge is 0.416 e. The Balaban J connectivity index is 2.35. The van der Waals surface area contributed by atoms with Gasteiger partial charge in [0.1, 0.15) is 17.2 Å². The molecule has 0 aliphatic rings. The molecule has 0 saturated heterocycles. The van der Waals surface area contributed by atoms with E-state index in [9.17, 15) is 18.0 Å². The van der Waals surface area contributed by atoms with E-state index >= 15 is 0 Å². The Morgan fingerprint density at radius 3 is 2.38 bits per heavy atom. The first-order valence-electron chi connectivity index (χ1n) is 7.99. The molecule has 2 aromatic rings. The zero-order chi connectivity index (χ0) is 19.3. The van der Waals surface area contributed by atoms with E-state index in [-0.39, 0.29) is 23.2 Å². The Bertz CT molecular complexity index is 775. The molecule has 8 heteroatoms. The third-order valence-electron chi connectivity index (χ3n) is 3.66. The number of nitrogens with zero attached hydrogens (tertiary/aromatic N) is 2. The van der Waals surface area contributed by atoms with Gasteiger partial charge in [0, 0.05) is 25.2 Å². The molecule has 1 aromatic heterocycles. The number of benzene rings is 1. The minimum absolute atomic E-state index is 0.0285. The molecule has 1 aromatic carbocycles. The van der Waals surface area contributed by atoms with Crippen molar-refractivity contribution >= 4 is 5.91 Å². The quantitative estimate of drug-likeness (QED) is 0.759. The van der Waals surface area contributed by atoms with Crippen molar-refractivity contribution in [1.29, 1.82) is 0 Å². The van der Waals surface area contributed by atoms with Gasteiger partial charge in [-0.3, -0.25) is 4.79 Å². The van der Waals surface area contributed by atoms with Crippen LogP contribution < -0.4 is 9.47 Å². The van der Waals surface area contributed by atoms with E-state index in [4.69, 9.17) is 9.47 Å². The predicted molar refractivity (Wildman–Crippen MR) is 89.6 cm³/mol. The molecule has 0 atom stereocenters. The van der Waals surface area contributed by atoms with Crippen molar-refractivity contribution in [2.45, 2.75) is 20.0 Å². The number of hydrogen-bond donors (Lipinski definition) is 0. The summed E-state index contributed by atoms with van der Waals surface area (Å²) in [5.74, 6) is -0.0683. The lowest BCUT2D eigenvalue weighted by molar-refractivity contribution is -0.137. The molecule has 0 aliphatic heterocycles. The highest BCUT2D eigenvalue weighted by molar-refractivity contribution is 5.92. The minimum atomic E-state index is -4.48. The minimum Gasteiger partial charge on any atom is -0.496 e. The number of carbonyl (C=O) groups is 1. The molecule has 0 unspecified atom stereocenters. The Kier molecular flexibility index (Phi) is 6.07. The summed E-state index contributed by atoms with van der Waals surface area (Å²) in [5, 5.41) is 0. The van der Waals surface area contributed by atoms with Gasteiger partial charge in [0.25, 0.3) is 5.91 Å². The van der Waals surface area contributed by atoms with E-state index in [1.165, 1.54) is 31.4 Å². The van der Waals surface area contributed by atoms with Crippen molar-refractivity contribution in [3.63, 3.8) is 0 Å². The van der Waals surface area contributed by atoms with Gasteiger partial charge in [0.2, 0.25) is 5.88 Å². The first-order chi connectivity index (χ1) is 12.3. The van der Waals surface area contributed by atoms with Crippen molar-refractivity contribution in [3.05, 3.63) is 47.7 Å². The van der Waals surface area contributed by atoms with Gasteiger partial charge >= 0.3 is 6.18 Å². The normalized spacial score (nSPS) is 11.2. The van der Waals surface area contributed by atoms with E-state index in [1.807, 2.05) is 13.8 Å². The maximum Gasteiger partial charge on any atom is 0.416 e. The summed E-state index contributed by atoms with van der Waals surface area (Å²) in [4.78, 5) is 18.1. The number of hydrogen-bond acceptors (Lipinski definition) is 4. The average molecular weight is 368 g/mol. The van der Waals surface area contributed by atoms with Crippen LogP contribution >= 0.6 is 0 Å².